The van der Waals surface area contributed by atoms with E-state index in [4.69, 9.17) is 17.3 Å². The Labute approximate surface area is 91.8 Å². The summed E-state index contributed by atoms with van der Waals surface area (Å²) in [5.41, 5.74) is 5.51. The molecule has 15 heavy (non-hydrogen) atoms. The Morgan fingerprint density at radius 2 is 2.27 bits per heavy atom. The second-order valence-electron chi connectivity index (χ2n) is 3.27. The van der Waals surface area contributed by atoms with E-state index in [0.29, 0.717) is 5.69 Å². The monoisotopic (exact) mass is 229 g/mol. The zero-order valence-corrected chi connectivity index (χ0v) is 9.21. The lowest BCUT2D eigenvalue weighted by atomic mass is 10.3. The van der Waals surface area contributed by atoms with Gasteiger partial charge in [0.05, 0.1) is 11.7 Å². The number of hydrogen-bond donors (Lipinski definition) is 2. The molecule has 6 heteroatoms. The molecule has 82 valence electrons. The Hall–Kier alpha value is -1.33. The van der Waals surface area contributed by atoms with Crippen LogP contribution in [0.3, 0.4) is 0 Å². The fraction of sp³-hybridized carbons (Fsp3) is 0.333. The standard InChI is InChI=1S/C9H12ClN3O2/c1-5(11)8(14)12-6-3-7(10)9(15)13(2)4-6/h3-5H,11H2,1-2H3,(H,12,14). The molecule has 0 aliphatic heterocycles. The number of nitrogens with zero attached hydrogens (tertiary/aromatic N) is 1. The Morgan fingerprint density at radius 3 is 2.73 bits per heavy atom. The van der Waals surface area contributed by atoms with Crippen molar-refractivity contribution in [3.05, 3.63) is 27.6 Å². The average molecular weight is 230 g/mol. The van der Waals surface area contributed by atoms with E-state index < -0.39 is 6.04 Å². The maximum absolute atomic E-state index is 11.3. The van der Waals surface area contributed by atoms with E-state index >= 15 is 0 Å². The van der Waals surface area contributed by atoms with E-state index in [2.05, 4.69) is 5.32 Å². The molecular weight excluding hydrogens is 218 g/mol. The molecule has 0 saturated carbocycles. The van der Waals surface area contributed by atoms with Crippen LogP contribution in [0.25, 0.3) is 0 Å². The largest absolute Gasteiger partial charge is 0.323 e. The summed E-state index contributed by atoms with van der Waals surface area (Å²) in [4.78, 5) is 22.5. The van der Waals surface area contributed by atoms with Crippen LogP contribution < -0.4 is 16.6 Å². The minimum Gasteiger partial charge on any atom is -0.323 e. The molecule has 0 aliphatic rings. The number of amides is 1. The van der Waals surface area contributed by atoms with E-state index in [-0.39, 0.29) is 16.5 Å². The van der Waals surface area contributed by atoms with Gasteiger partial charge in [0.15, 0.2) is 0 Å². The number of rotatable bonds is 2. The highest BCUT2D eigenvalue weighted by molar-refractivity contribution is 6.30. The highest BCUT2D eigenvalue weighted by Gasteiger charge is 2.09. The maximum atomic E-state index is 11.3. The smallest absolute Gasteiger partial charge is 0.269 e. The Bertz CT molecular complexity index is 413. The average Bonchev–Trinajstić information content (AvgIpc) is 2.13. The molecule has 1 unspecified atom stereocenters. The molecule has 1 atom stereocenters. The van der Waals surface area contributed by atoms with Crippen LogP contribution in [-0.4, -0.2) is 16.5 Å². The number of anilines is 1. The zero-order valence-electron chi connectivity index (χ0n) is 8.45. The summed E-state index contributed by atoms with van der Waals surface area (Å²) in [5, 5.41) is 2.60. The highest BCUT2D eigenvalue weighted by Crippen LogP contribution is 2.10. The molecule has 1 amide bonds. The van der Waals surface area contributed by atoms with Gasteiger partial charge in [0, 0.05) is 13.2 Å². The lowest BCUT2D eigenvalue weighted by Crippen LogP contribution is -2.33. The summed E-state index contributed by atoms with van der Waals surface area (Å²) in [5.74, 6) is -0.329. The number of carbonyl (C=O) groups excluding carboxylic acids is 1. The van der Waals surface area contributed by atoms with Gasteiger partial charge in [0.1, 0.15) is 5.02 Å². The molecule has 0 aliphatic carbocycles. The van der Waals surface area contributed by atoms with Gasteiger partial charge in [-0.25, -0.2) is 0 Å². The quantitative estimate of drug-likeness (QED) is 0.767. The van der Waals surface area contributed by atoms with Gasteiger partial charge in [-0.3, -0.25) is 9.59 Å². The van der Waals surface area contributed by atoms with Gasteiger partial charge >= 0.3 is 0 Å². The minimum absolute atomic E-state index is 0.0555. The fourth-order valence-electron chi connectivity index (χ4n) is 0.996. The first-order chi connectivity index (χ1) is 6.91. The molecule has 0 saturated heterocycles. The summed E-state index contributed by atoms with van der Waals surface area (Å²) in [7, 11) is 1.55. The van der Waals surface area contributed by atoms with E-state index in [1.165, 1.54) is 16.8 Å². The first kappa shape index (κ1) is 11.7. The van der Waals surface area contributed by atoms with Crippen molar-refractivity contribution in [1.29, 1.82) is 0 Å². The number of carbonyl (C=O) groups is 1. The number of halogens is 1. The van der Waals surface area contributed by atoms with Crippen molar-refractivity contribution >= 4 is 23.2 Å². The highest BCUT2D eigenvalue weighted by atomic mass is 35.5. The molecule has 5 nitrogen and oxygen atoms in total. The molecule has 1 aromatic heterocycles. The van der Waals surface area contributed by atoms with Crippen LogP contribution in [0.4, 0.5) is 5.69 Å². The van der Waals surface area contributed by atoms with Crippen molar-refractivity contribution in [2.75, 3.05) is 5.32 Å². The fourth-order valence-corrected chi connectivity index (χ4v) is 1.25. The molecule has 3 N–H and O–H groups in total. The predicted octanol–water partition coefficient (Wildman–Crippen LogP) is 0.324. The van der Waals surface area contributed by atoms with Gasteiger partial charge in [0.25, 0.3) is 5.56 Å². The number of aryl methyl sites for hydroxylation is 1. The first-order valence-electron chi connectivity index (χ1n) is 4.34. The van der Waals surface area contributed by atoms with Crippen LogP contribution in [0, 0.1) is 0 Å². The minimum atomic E-state index is -0.610. The summed E-state index contributed by atoms with van der Waals surface area (Å²) in [6.07, 6.45) is 1.48. The molecule has 0 radical (unpaired) electrons. The van der Waals surface area contributed by atoms with Crippen LogP contribution in [0.1, 0.15) is 6.92 Å². The topological polar surface area (TPSA) is 77.1 Å². The normalized spacial score (nSPS) is 12.3. The van der Waals surface area contributed by atoms with Crippen molar-refractivity contribution in [3.63, 3.8) is 0 Å². The summed E-state index contributed by atoms with van der Waals surface area (Å²) in [6.45, 7) is 1.57. The van der Waals surface area contributed by atoms with Crippen LogP contribution >= 0.6 is 11.6 Å². The molecule has 1 aromatic rings. The summed E-state index contributed by atoms with van der Waals surface area (Å²) < 4.78 is 1.29. The van der Waals surface area contributed by atoms with Crippen molar-refractivity contribution in [3.8, 4) is 0 Å². The summed E-state index contributed by atoms with van der Waals surface area (Å²) in [6, 6.07) is 0.783. The van der Waals surface area contributed by atoms with Crippen molar-refractivity contribution in [1.82, 2.24) is 4.57 Å². The van der Waals surface area contributed by atoms with Crippen molar-refractivity contribution < 1.29 is 4.79 Å². The molecular formula is C9H12ClN3O2. The van der Waals surface area contributed by atoms with Gasteiger partial charge in [-0.05, 0) is 13.0 Å². The van der Waals surface area contributed by atoms with E-state index in [9.17, 15) is 9.59 Å². The summed E-state index contributed by atoms with van der Waals surface area (Å²) >= 11 is 5.67. The molecule has 1 heterocycles. The molecule has 0 aromatic carbocycles. The lowest BCUT2D eigenvalue weighted by molar-refractivity contribution is -0.117. The predicted molar refractivity (Wildman–Crippen MR) is 59.0 cm³/mol. The van der Waals surface area contributed by atoms with Gasteiger partial charge in [-0.15, -0.1) is 0 Å². The zero-order chi connectivity index (χ0) is 11.6. The van der Waals surface area contributed by atoms with E-state index in [1.54, 1.807) is 14.0 Å². The third kappa shape index (κ3) is 2.81. The Kier molecular flexibility index (Phi) is 3.49. The van der Waals surface area contributed by atoms with Crippen LogP contribution in [0.15, 0.2) is 17.1 Å². The Balaban J connectivity index is 2.98. The van der Waals surface area contributed by atoms with Crippen molar-refractivity contribution in [2.45, 2.75) is 13.0 Å². The third-order valence-corrected chi connectivity index (χ3v) is 2.09. The second kappa shape index (κ2) is 4.46. The van der Waals surface area contributed by atoms with Crippen molar-refractivity contribution in [2.24, 2.45) is 12.8 Å². The van der Waals surface area contributed by atoms with Crippen LogP contribution in [0.5, 0.6) is 0 Å². The molecule has 0 fully saturated rings. The molecule has 0 spiro atoms. The Morgan fingerprint density at radius 1 is 1.67 bits per heavy atom. The SMILES string of the molecule is CC(N)C(=O)Nc1cc(Cl)c(=O)n(C)c1. The van der Waals surface area contributed by atoms with Crippen LogP contribution in [0.2, 0.25) is 5.02 Å². The third-order valence-electron chi connectivity index (χ3n) is 1.82. The van der Waals surface area contributed by atoms with E-state index in [1.807, 2.05) is 0 Å². The van der Waals surface area contributed by atoms with Crippen LogP contribution in [-0.2, 0) is 11.8 Å². The van der Waals surface area contributed by atoms with E-state index in [0.717, 1.165) is 0 Å². The van der Waals surface area contributed by atoms with Gasteiger partial charge in [-0.1, -0.05) is 11.6 Å². The van der Waals surface area contributed by atoms with Gasteiger partial charge < -0.3 is 15.6 Å². The number of aromatic nitrogens is 1. The number of hydrogen-bond acceptors (Lipinski definition) is 3. The number of nitrogens with one attached hydrogen (secondary N) is 1. The van der Waals surface area contributed by atoms with Gasteiger partial charge in [-0.2, -0.15) is 0 Å². The number of pyridine rings is 1. The maximum Gasteiger partial charge on any atom is 0.269 e. The number of nitrogens with two attached hydrogens (primary N) is 1. The lowest BCUT2D eigenvalue weighted by Gasteiger charge is -2.09. The first-order valence-corrected chi connectivity index (χ1v) is 4.72. The molecule has 0 bridgehead atoms. The second-order valence-corrected chi connectivity index (χ2v) is 3.68. The molecule has 1 rings (SSSR count). The van der Waals surface area contributed by atoms with Gasteiger partial charge in [0.2, 0.25) is 5.91 Å².